The van der Waals surface area contributed by atoms with Crippen molar-refractivity contribution in [3.8, 4) is 11.8 Å². The molecule has 3 rings (SSSR count). The van der Waals surface area contributed by atoms with Crippen LogP contribution in [0.15, 0.2) is 48.5 Å². The highest BCUT2D eigenvalue weighted by molar-refractivity contribution is 6.09. The van der Waals surface area contributed by atoms with E-state index in [0.29, 0.717) is 22.4 Å². The van der Waals surface area contributed by atoms with E-state index < -0.39 is 31.2 Å². The molecule has 0 amide bonds. The highest BCUT2D eigenvalue weighted by Crippen LogP contribution is 2.25. The molecule has 4 atom stereocenters. The van der Waals surface area contributed by atoms with Gasteiger partial charge in [-0.15, -0.1) is 0 Å². The van der Waals surface area contributed by atoms with Gasteiger partial charge in [0.15, 0.2) is 18.2 Å². The number of carbonyl (C=O) groups excluding carboxylic acids is 1. The van der Waals surface area contributed by atoms with Crippen molar-refractivity contribution in [2.45, 2.75) is 24.6 Å². The summed E-state index contributed by atoms with van der Waals surface area (Å²) < 4.78 is 10.6. The van der Waals surface area contributed by atoms with Crippen molar-refractivity contribution in [3.05, 3.63) is 65.2 Å². The number of hydrogen-bond acceptors (Lipinski definition) is 7. The van der Waals surface area contributed by atoms with Gasteiger partial charge in [0.25, 0.3) is 0 Å². The fourth-order valence-corrected chi connectivity index (χ4v) is 2.72. The first-order valence-electron chi connectivity index (χ1n) is 7.97. The van der Waals surface area contributed by atoms with Crippen molar-refractivity contribution < 1.29 is 29.6 Å². The normalized spacial score (nSPS) is 24.8. The van der Waals surface area contributed by atoms with E-state index >= 15 is 0 Å². The monoisotopic (exact) mass is 355 g/mol. The fourth-order valence-electron chi connectivity index (χ4n) is 2.72. The molecule has 0 aromatic heterocycles. The van der Waals surface area contributed by atoms with Crippen LogP contribution in [0.2, 0.25) is 0 Å². The smallest absolute Gasteiger partial charge is 0.193 e. The van der Waals surface area contributed by atoms with Gasteiger partial charge >= 0.3 is 0 Å². The standard InChI is InChI=1S/C19H17NO6/c20-9-11-1-3-12(4-2-11)16(22)13-5-7-14(8-6-13)25-18-15(10-21)26-19(24)17(18)23/h1-8,15,17-19,21,23-24H,10H2/t15-,17-,18+,19+/m1/s1. The van der Waals surface area contributed by atoms with Gasteiger partial charge in [0.05, 0.1) is 18.2 Å². The maximum Gasteiger partial charge on any atom is 0.193 e. The fraction of sp³-hybridized carbons (Fsp3) is 0.263. The molecule has 7 heteroatoms. The van der Waals surface area contributed by atoms with E-state index in [-0.39, 0.29) is 5.78 Å². The van der Waals surface area contributed by atoms with Crippen LogP contribution >= 0.6 is 0 Å². The quantitative estimate of drug-likeness (QED) is 0.672. The third-order valence-corrected chi connectivity index (χ3v) is 4.15. The van der Waals surface area contributed by atoms with Crippen molar-refractivity contribution in [3.63, 3.8) is 0 Å². The Morgan fingerprint density at radius 3 is 2.19 bits per heavy atom. The minimum absolute atomic E-state index is 0.200. The molecular formula is C19H17NO6. The summed E-state index contributed by atoms with van der Waals surface area (Å²) in [6, 6.07) is 14.6. The molecule has 0 saturated carbocycles. The number of hydrogen-bond donors (Lipinski definition) is 3. The Morgan fingerprint density at radius 2 is 1.65 bits per heavy atom. The van der Waals surface area contributed by atoms with Crippen molar-refractivity contribution in [2.75, 3.05) is 6.61 Å². The first-order chi connectivity index (χ1) is 12.5. The zero-order chi connectivity index (χ0) is 18.7. The van der Waals surface area contributed by atoms with E-state index in [1.54, 1.807) is 48.5 Å². The maximum atomic E-state index is 12.4. The molecule has 1 heterocycles. The molecule has 2 aromatic carbocycles. The molecule has 26 heavy (non-hydrogen) atoms. The molecule has 1 aliphatic heterocycles. The first-order valence-corrected chi connectivity index (χ1v) is 7.97. The van der Waals surface area contributed by atoms with Gasteiger partial charge in [-0.25, -0.2) is 0 Å². The minimum Gasteiger partial charge on any atom is -0.485 e. The van der Waals surface area contributed by atoms with E-state index in [9.17, 15) is 20.1 Å². The maximum absolute atomic E-state index is 12.4. The van der Waals surface area contributed by atoms with Gasteiger partial charge in [0.1, 0.15) is 18.0 Å². The van der Waals surface area contributed by atoms with Crippen LogP contribution in [0.1, 0.15) is 21.5 Å². The third-order valence-electron chi connectivity index (χ3n) is 4.15. The Balaban J connectivity index is 1.72. The second-order valence-corrected chi connectivity index (χ2v) is 5.86. The van der Waals surface area contributed by atoms with E-state index in [4.69, 9.17) is 14.7 Å². The molecule has 0 unspecified atom stereocenters. The number of carbonyl (C=O) groups is 1. The van der Waals surface area contributed by atoms with Crippen LogP contribution in [0, 0.1) is 11.3 Å². The lowest BCUT2D eigenvalue weighted by Crippen LogP contribution is -2.39. The Hall–Kier alpha value is -2.76. The molecule has 0 spiro atoms. The SMILES string of the molecule is N#Cc1ccc(C(=O)c2ccc(O[C@@H]3[C@@H](O)[C@@H](O)O[C@@H]3CO)cc2)cc1. The number of aliphatic hydroxyl groups is 3. The van der Waals surface area contributed by atoms with E-state index in [1.807, 2.05) is 6.07 Å². The Morgan fingerprint density at radius 1 is 1.08 bits per heavy atom. The molecule has 1 saturated heterocycles. The lowest BCUT2D eigenvalue weighted by Gasteiger charge is -2.20. The average Bonchev–Trinajstić information content (AvgIpc) is 2.96. The zero-order valence-corrected chi connectivity index (χ0v) is 13.6. The second-order valence-electron chi connectivity index (χ2n) is 5.86. The number of benzene rings is 2. The van der Waals surface area contributed by atoms with Crippen molar-refractivity contribution in [1.29, 1.82) is 5.26 Å². The van der Waals surface area contributed by atoms with Gasteiger partial charge < -0.3 is 24.8 Å². The molecule has 7 nitrogen and oxygen atoms in total. The van der Waals surface area contributed by atoms with Crippen LogP contribution in [-0.4, -0.2) is 52.3 Å². The predicted molar refractivity (Wildman–Crippen MR) is 89.4 cm³/mol. The van der Waals surface area contributed by atoms with Crippen LogP contribution in [0.3, 0.4) is 0 Å². The van der Waals surface area contributed by atoms with Gasteiger partial charge in [-0.05, 0) is 48.5 Å². The van der Waals surface area contributed by atoms with E-state index in [1.165, 1.54) is 0 Å². The highest BCUT2D eigenvalue weighted by atomic mass is 16.7. The summed E-state index contributed by atoms with van der Waals surface area (Å²) in [4.78, 5) is 12.4. The first kappa shape index (κ1) is 18.0. The average molecular weight is 355 g/mol. The summed E-state index contributed by atoms with van der Waals surface area (Å²) in [5.41, 5.74) is 1.37. The van der Waals surface area contributed by atoms with Crippen LogP contribution in [0.4, 0.5) is 0 Å². The predicted octanol–water partition coefficient (Wildman–Crippen LogP) is 0.607. The van der Waals surface area contributed by atoms with Gasteiger partial charge in [-0.3, -0.25) is 4.79 Å². The molecule has 0 aliphatic carbocycles. The van der Waals surface area contributed by atoms with E-state index in [0.717, 1.165) is 0 Å². The van der Waals surface area contributed by atoms with E-state index in [2.05, 4.69) is 0 Å². The molecule has 3 N–H and O–H groups in total. The topological polar surface area (TPSA) is 120 Å². The zero-order valence-electron chi connectivity index (χ0n) is 13.6. The third kappa shape index (κ3) is 3.59. The van der Waals surface area contributed by atoms with Crippen LogP contribution in [0.5, 0.6) is 5.75 Å². The lowest BCUT2D eigenvalue weighted by atomic mass is 10.0. The number of nitriles is 1. The molecule has 1 fully saturated rings. The second kappa shape index (κ2) is 7.64. The molecule has 0 radical (unpaired) electrons. The molecule has 134 valence electrons. The number of rotatable bonds is 5. The summed E-state index contributed by atoms with van der Waals surface area (Å²) in [7, 11) is 0. The van der Waals surface area contributed by atoms with Gasteiger partial charge in [-0.1, -0.05) is 0 Å². The largest absolute Gasteiger partial charge is 0.485 e. The Kier molecular flexibility index (Phi) is 5.30. The van der Waals surface area contributed by atoms with Gasteiger partial charge in [-0.2, -0.15) is 5.26 Å². The number of ether oxygens (including phenoxy) is 2. The van der Waals surface area contributed by atoms with Crippen molar-refractivity contribution in [1.82, 2.24) is 0 Å². The molecule has 2 aromatic rings. The highest BCUT2D eigenvalue weighted by Gasteiger charge is 2.44. The summed E-state index contributed by atoms with van der Waals surface area (Å²) >= 11 is 0. The van der Waals surface area contributed by atoms with Crippen LogP contribution < -0.4 is 4.74 Å². The lowest BCUT2D eigenvalue weighted by molar-refractivity contribution is -0.132. The number of ketones is 1. The minimum atomic E-state index is -1.42. The van der Waals surface area contributed by atoms with Crippen molar-refractivity contribution in [2.24, 2.45) is 0 Å². The molecule has 0 bridgehead atoms. The summed E-state index contributed by atoms with van der Waals surface area (Å²) in [5, 5.41) is 37.4. The summed E-state index contributed by atoms with van der Waals surface area (Å²) in [6.45, 7) is -0.409. The Bertz CT molecular complexity index is 811. The summed E-state index contributed by atoms with van der Waals surface area (Å²) in [5.74, 6) is 0.163. The number of aliphatic hydroxyl groups excluding tert-OH is 3. The van der Waals surface area contributed by atoms with Gasteiger partial charge in [0, 0.05) is 11.1 Å². The molecule has 1 aliphatic rings. The summed E-state index contributed by atoms with van der Waals surface area (Å²) in [6.07, 6.45) is -4.48. The van der Waals surface area contributed by atoms with Crippen LogP contribution in [-0.2, 0) is 4.74 Å². The van der Waals surface area contributed by atoms with Crippen molar-refractivity contribution >= 4 is 5.78 Å². The van der Waals surface area contributed by atoms with Crippen LogP contribution in [0.25, 0.3) is 0 Å². The molecular weight excluding hydrogens is 338 g/mol. The Labute approximate surface area is 149 Å². The van der Waals surface area contributed by atoms with Gasteiger partial charge in [0.2, 0.25) is 0 Å². The number of nitrogens with zero attached hydrogens (tertiary/aromatic N) is 1.